The Bertz CT molecular complexity index is 1480. The summed E-state index contributed by atoms with van der Waals surface area (Å²) in [5, 5.41) is 9.84. The number of benzene rings is 2. The maximum Gasteiger partial charge on any atom is 0.410 e. The molecule has 4 rings (SSSR count). The summed E-state index contributed by atoms with van der Waals surface area (Å²) >= 11 is 0. The third kappa shape index (κ3) is 8.30. The molecule has 9 nitrogen and oxygen atoms in total. The van der Waals surface area contributed by atoms with Crippen LogP contribution >= 0.6 is 0 Å². The second-order valence-electron chi connectivity index (χ2n) is 9.25. The van der Waals surface area contributed by atoms with Crippen LogP contribution in [-0.2, 0) is 35.7 Å². The van der Waals surface area contributed by atoms with E-state index in [2.05, 4.69) is 9.97 Å². The maximum absolute atomic E-state index is 13.6. The summed E-state index contributed by atoms with van der Waals surface area (Å²) in [6.07, 6.45) is 2.89. The fourth-order valence-corrected chi connectivity index (χ4v) is 4.24. The second kappa shape index (κ2) is 14.5. The number of rotatable bonds is 12. The van der Waals surface area contributed by atoms with Crippen LogP contribution in [0.3, 0.4) is 0 Å². The number of aromatic nitrogens is 2. The Morgan fingerprint density at radius 3 is 2.32 bits per heavy atom. The van der Waals surface area contributed by atoms with E-state index >= 15 is 0 Å². The Labute approximate surface area is 238 Å². The Morgan fingerprint density at radius 1 is 0.829 bits per heavy atom. The van der Waals surface area contributed by atoms with Crippen molar-refractivity contribution in [3.8, 4) is 0 Å². The molecular weight excluding hydrogens is 522 g/mol. The molecule has 210 valence electrons. The average molecular weight is 554 g/mol. The molecule has 0 aliphatic rings. The lowest BCUT2D eigenvalue weighted by molar-refractivity contribution is 0.0515. The van der Waals surface area contributed by atoms with Crippen molar-refractivity contribution in [2.45, 2.75) is 33.1 Å². The Hall–Kier alpha value is -4.89. The van der Waals surface area contributed by atoms with E-state index < -0.39 is 12.1 Å². The van der Waals surface area contributed by atoms with Crippen molar-refractivity contribution in [1.82, 2.24) is 14.9 Å². The molecule has 0 spiro atoms. The van der Waals surface area contributed by atoms with E-state index in [4.69, 9.17) is 9.47 Å². The third-order valence-electron chi connectivity index (χ3n) is 6.19. The zero-order valence-electron chi connectivity index (χ0n) is 22.7. The van der Waals surface area contributed by atoms with Crippen molar-refractivity contribution >= 4 is 17.8 Å². The average Bonchev–Trinajstić information content (AvgIpc) is 3.00. The number of esters is 1. The molecule has 1 amide bonds. The van der Waals surface area contributed by atoms with Crippen LogP contribution in [0, 0.1) is 0 Å². The molecule has 2 heterocycles. The summed E-state index contributed by atoms with van der Waals surface area (Å²) in [4.78, 5) is 49.1. The van der Waals surface area contributed by atoms with Gasteiger partial charge in [0.1, 0.15) is 6.61 Å². The number of carbonyl (C=O) groups is 3. The summed E-state index contributed by atoms with van der Waals surface area (Å²) in [6.45, 7) is 1.17. The van der Waals surface area contributed by atoms with E-state index in [1.54, 1.807) is 37.4 Å². The van der Waals surface area contributed by atoms with Gasteiger partial charge in [0.2, 0.25) is 0 Å². The zero-order valence-corrected chi connectivity index (χ0v) is 22.7. The van der Waals surface area contributed by atoms with Crippen LogP contribution in [0.4, 0.5) is 4.79 Å². The molecular formula is C32H31N3O6. The number of ether oxygens (including phenoxy) is 2. The van der Waals surface area contributed by atoms with Gasteiger partial charge in [-0.1, -0.05) is 48.5 Å². The maximum atomic E-state index is 13.6. The normalized spacial score (nSPS) is 10.6. The van der Waals surface area contributed by atoms with Gasteiger partial charge in [-0.05, 0) is 53.9 Å². The van der Waals surface area contributed by atoms with Gasteiger partial charge in [0, 0.05) is 35.6 Å². The van der Waals surface area contributed by atoms with Crippen molar-refractivity contribution < 1.29 is 29.0 Å². The Morgan fingerprint density at radius 2 is 1.59 bits per heavy atom. The molecule has 0 radical (unpaired) electrons. The van der Waals surface area contributed by atoms with E-state index in [9.17, 15) is 19.5 Å². The molecule has 4 aromatic rings. The van der Waals surface area contributed by atoms with Gasteiger partial charge in [-0.2, -0.15) is 0 Å². The third-order valence-corrected chi connectivity index (χ3v) is 6.19. The molecule has 0 saturated heterocycles. The van der Waals surface area contributed by atoms with E-state index in [0.717, 1.165) is 16.8 Å². The fraction of sp³-hybridized carbons (Fsp3) is 0.219. The van der Waals surface area contributed by atoms with Crippen molar-refractivity contribution in [2.75, 3.05) is 13.2 Å². The molecule has 41 heavy (non-hydrogen) atoms. The molecule has 0 fully saturated rings. The quantitative estimate of drug-likeness (QED) is 0.197. The summed E-state index contributed by atoms with van der Waals surface area (Å²) in [5.74, 6) is -0.984. The second-order valence-corrected chi connectivity index (χ2v) is 9.25. The molecule has 2 aromatic carbocycles. The standard InChI is InChI=1S/C32H31N3O6/c1-2-40-31(38)30-26(11-8-14-34-30)19-35(32(39)41-22-23-9-4-3-5-10-23)20-29(37)27-16-24(15-25(17-27)21-36)18-28-12-6-7-13-33-28/h3-17,36H,2,18-22H2,1H3. The van der Waals surface area contributed by atoms with Crippen LogP contribution in [0.5, 0.6) is 0 Å². The number of carbonyl (C=O) groups excluding carboxylic acids is 3. The van der Waals surface area contributed by atoms with Gasteiger partial charge in [0.05, 0.1) is 26.3 Å². The molecule has 0 atom stereocenters. The highest BCUT2D eigenvalue weighted by Crippen LogP contribution is 2.18. The van der Waals surface area contributed by atoms with Crippen LogP contribution in [-0.4, -0.2) is 51.0 Å². The van der Waals surface area contributed by atoms with E-state index in [1.165, 1.54) is 11.1 Å². The molecule has 0 bridgehead atoms. The number of aliphatic hydroxyl groups excluding tert-OH is 1. The molecule has 1 N–H and O–H groups in total. The summed E-state index contributed by atoms with van der Waals surface area (Å²) in [5.41, 5.74) is 3.77. The number of amides is 1. The fourth-order valence-electron chi connectivity index (χ4n) is 4.24. The lowest BCUT2D eigenvalue weighted by atomic mass is 9.99. The van der Waals surface area contributed by atoms with Gasteiger partial charge in [-0.25, -0.2) is 14.6 Å². The molecule has 0 unspecified atom stereocenters. The van der Waals surface area contributed by atoms with Crippen LogP contribution in [0.15, 0.2) is 91.3 Å². The smallest absolute Gasteiger partial charge is 0.410 e. The lowest BCUT2D eigenvalue weighted by Crippen LogP contribution is -2.36. The molecule has 0 aliphatic heterocycles. The highest BCUT2D eigenvalue weighted by Gasteiger charge is 2.24. The topological polar surface area (TPSA) is 119 Å². The highest BCUT2D eigenvalue weighted by molar-refractivity contribution is 5.99. The van der Waals surface area contributed by atoms with E-state index in [-0.39, 0.29) is 44.4 Å². The number of nitrogens with zero attached hydrogens (tertiary/aromatic N) is 3. The highest BCUT2D eigenvalue weighted by atomic mass is 16.6. The first kappa shape index (κ1) is 29.1. The minimum absolute atomic E-state index is 0.0103. The van der Waals surface area contributed by atoms with Gasteiger partial charge in [-0.15, -0.1) is 0 Å². The molecule has 0 saturated carbocycles. The predicted octanol–water partition coefficient (Wildman–Crippen LogP) is 4.76. The first-order valence-electron chi connectivity index (χ1n) is 13.2. The lowest BCUT2D eigenvalue weighted by Gasteiger charge is -2.23. The minimum Gasteiger partial charge on any atom is -0.461 e. The zero-order chi connectivity index (χ0) is 29.0. The first-order valence-corrected chi connectivity index (χ1v) is 13.2. The first-order chi connectivity index (χ1) is 20.0. The summed E-state index contributed by atoms with van der Waals surface area (Å²) < 4.78 is 10.7. The van der Waals surface area contributed by atoms with Crippen molar-refractivity contribution in [3.63, 3.8) is 0 Å². The SMILES string of the molecule is CCOC(=O)c1ncccc1CN(CC(=O)c1cc(CO)cc(Cc2ccccn2)c1)C(=O)OCc1ccccc1. The number of hydrogen-bond donors (Lipinski definition) is 1. The number of ketones is 1. The molecule has 0 aliphatic carbocycles. The van der Waals surface area contributed by atoms with Crippen LogP contribution in [0.25, 0.3) is 0 Å². The van der Waals surface area contributed by atoms with Gasteiger partial charge in [0.25, 0.3) is 0 Å². The largest absolute Gasteiger partial charge is 0.461 e. The van der Waals surface area contributed by atoms with Crippen molar-refractivity contribution in [1.29, 1.82) is 0 Å². The molecule has 2 aromatic heterocycles. The predicted molar refractivity (Wildman–Crippen MR) is 151 cm³/mol. The van der Waals surface area contributed by atoms with Crippen LogP contribution in [0.1, 0.15) is 55.7 Å². The molecule has 9 heteroatoms. The number of Topliss-reactive ketones (excluding diaryl/α,β-unsaturated/α-hetero) is 1. The number of aliphatic hydroxyl groups is 1. The van der Waals surface area contributed by atoms with Crippen molar-refractivity contribution in [3.05, 3.63) is 130 Å². The monoisotopic (exact) mass is 553 g/mol. The summed E-state index contributed by atoms with van der Waals surface area (Å²) in [7, 11) is 0. The van der Waals surface area contributed by atoms with Gasteiger partial charge < -0.3 is 14.6 Å². The number of pyridine rings is 2. The van der Waals surface area contributed by atoms with E-state index in [0.29, 0.717) is 23.1 Å². The van der Waals surface area contributed by atoms with Crippen molar-refractivity contribution in [2.24, 2.45) is 0 Å². The summed E-state index contributed by atoms with van der Waals surface area (Å²) in [6, 6.07) is 23.2. The Balaban J connectivity index is 1.59. The number of hydrogen-bond acceptors (Lipinski definition) is 8. The Kier molecular flexibility index (Phi) is 10.3. The van der Waals surface area contributed by atoms with E-state index in [1.807, 2.05) is 54.6 Å². The van der Waals surface area contributed by atoms with Crippen LogP contribution < -0.4 is 0 Å². The van der Waals surface area contributed by atoms with Gasteiger partial charge in [0.15, 0.2) is 11.5 Å². The van der Waals surface area contributed by atoms with Gasteiger partial charge in [-0.3, -0.25) is 14.7 Å². The van der Waals surface area contributed by atoms with Crippen LogP contribution in [0.2, 0.25) is 0 Å². The van der Waals surface area contributed by atoms with Gasteiger partial charge >= 0.3 is 12.1 Å². The minimum atomic E-state index is -0.729.